The van der Waals surface area contributed by atoms with Crippen molar-refractivity contribution < 1.29 is 4.74 Å². The zero-order chi connectivity index (χ0) is 17.1. The summed E-state index contributed by atoms with van der Waals surface area (Å²) < 4.78 is 7.59. The molecule has 0 saturated heterocycles. The number of fused-ring (bicyclic) bond motifs is 1. The molecule has 1 aromatic carbocycles. The highest BCUT2D eigenvalue weighted by molar-refractivity contribution is 5.93. The Kier molecular flexibility index (Phi) is 6.45. The van der Waals surface area contributed by atoms with E-state index in [9.17, 15) is 0 Å². The van der Waals surface area contributed by atoms with E-state index in [-0.39, 0.29) is 12.4 Å². The van der Waals surface area contributed by atoms with Gasteiger partial charge in [0, 0.05) is 37.5 Å². The molecular formula is C20H26ClN3O. The first-order valence-corrected chi connectivity index (χ1v) is 8.35. The lowest BCUT2D eigenvalue weighted by molar-refractivity contribution is 0.188. The summed E-state index contributed by atoms with van der Waals surface area (Å²) in [4.78, 5) is 4.60. The molecule has 0 atom stereocenters. The summed E-state index contributed by atoms with van der Waals surface area (Å²) in [7, 11) is 1.74. The highest BCUT2D eigenvalue weighted by atomic mass is 35.5. The number of aromatic nitrogens is 2. The molecule has 0 fully saturated rings. The molecule has 1 N–H and O–H groups in total. The van der Waals surface area contributed by atoms with E-state index in [1.165, 1.54) is 27.8 Å². The molecule has 0 aliphatic rings. The predicted molar refractivity (Wildman–Crippen MR) is 107 cm³/mol. The zero-order valence-electron chi connectivity index (χ0n) is 15.3. The molecule has 0 spiro atoms. The second kappa shape index (κ2) is 8.37. The lowest BCUT2D eigenvalue weighted by Gasteiger charge is -2.13. The molecule has 5 heteroatoms. The Balaban J connectivity index is 0.00000225. The molecule has 2 aromatic heterocycles. The Morgan fingerprint density at radius 1 is 1.12 bits per heavy atom. The molecule has 0 unspecified atom stereocenters. The van der Waals surface area contributed by atoms with Crippen molar-refractivity contribution in [2.45, 2.75) is 33.9 Å². The van der Waals surface area contributed by atoms with Gasteiger partial charge in [-0.1, -0.05) is 24.3 Å². The SMILES string of the molecule is COCCn1c(C)c(C)c2ccnc(NCc3ccccc3C)c21.Cl. The van der Waals surface area contributed by atoms with Crippen molar-refractivity contribution in [2.24, 2.45) is 0 Å². The maximum atomic E-state index is 5.28. The number of ether oxygens (including phenoxy) is 1. The van der Waals surface area contributed by atoms with E-state index in [2.05, 4.69) is 66.0 Å². The van der Waals surface area contributed by atoms with Crippen LogP contribution in [0.25, 0.3) is 10.9 Å². The fourth-order valence-electron chi connectivity index (χ4n) is 3.17. The second-order valence-electron chi connectivity index (χ2n) is 6.19. The van der Waals surface area contributed by atoms with Crippen LogP contribution in [0.4, 0.5) is 5.82 Å². The monoisotopic (exact) mass is 359 g/mol. The summed E-state index contributed by atoms with van der Waals surface area (Å²) in [5, 5.41) is 4.78. The standard InChI is InChI=1S/C20H25N3O.ClH/c1-14-7-5-6-8-17(14)13-22-20-19-18(9-10-21-20)15(2)16(3)23(19)11-12-24-4;/h5-10H,11-13H2,1-4H3,(H,21,22);1H. The van der Waals surface area contributed by atoms with Gasteiger partial charge in [-0.3, -0.25) is 0 Å². The summed E-state index contributed by atoms with van der Waals surface area (Å²) in [6, 6.07) is 10.5. The van der Waals surface area contributed by atoms with Crippen molar-refractivity contribution in [1.82, 2.24) is 9.55 Å². The third-order valence-electron chi connectivity index (χ3n) is 4.77. The van der Waals surface area contributed by atoms with Gasteiger partial charge in [0.1, 0.15) is 0 Å². The quantitative estimate of drug-likeness (QED) is 0.696. The topological polar surface area (TPSA) is 39.1 Å². The van der Waals surface area contributed by atoms with E-state index in [0.29, 0.717) is 6.61 Å². The fourth-order valence-corrected chi connectivity index (χ4v) is 3.17. The molecule has 0 saturated carbocycles. The van der Waals surface area contributed by atoms with Gasteiger partial charge in [0.25, 0.3) is 0 Å². The zero-order valence-corrected chi connectivity index (χ0v) is 16.1. The van der Waals surface area contributed by atoms with E-state index in [1.807, 2.05) is 6.20 Å². The number of aryl methyl sites for hydroxylation is 2. The Morgan fingerprint density at radius 2 is 1.88 bits per heavy atom. The van der Waals surface area contributed by atoms with Crippen molar-refractivity contribution in [3.63, 3.8) is 0 Å². The van der Waals surface area contributed by atoms with E-state index >= 15 is 0 Å². The van der Waals surface area contributed by atoms with E-state index < -0.39 is 0 Å². The molecule has 3 aromatic rings. The normalized spacial score (nSPS) is 10.7. The molecule has 0 amide bonds. The third kappa shape index (κ3) is 3.80. The Morgan fingerprint density at radius 3 is 2.60 bits per heavy atom. The number of nitrogens with one attached hydrogen (secondary N) is 1. The first-order valence-electron chi connectivity index (χ1n) is 8.35. The largest absolute Gasteiger partial charge is 0.383 e. The molecule has 0 radical (unpaired) electrons. The molecule has 134 valence electrons. The number of anilines is 1. The van der Waals surface area contributed by atoms with Crippen molar-refractivity contribution in [3.05, 3.63) is 58.9 Å². The number of nitrogens with zero attached hydrogens (tertiary/aromatic N) is 2. The van der Waals surface area contributed by atoms with Gasteiger partial charge in [0.2, 0.25) is 0 Å². The van der Waals surface area contributed by atoms with Crippen LogP contribution in [-0.4, -0.2) is 23.3 Å². The molecular weight excluding hydrogens is 334 g/mol. The van der Waals surface area contributed by atoms with Crippen molar-refractivity contribution in [2.75, 3.05) is 19.0 Å². The first kappa shape index (κ1) is 19.3. The third-order valence-corrected chi connectivity index (χ3v) is 4.77. The van der Waals surface area contributed by atoms with Crippen LogP contribution < -0.4 is 5.32 Å². The van der Waals surface area contributed by atoms with Crippen LogP contribution in [0.15, 0.2) is 36.5 Å². The molecule has 0 bridgehead atoms. The Bertz CT molecular complexity index is 858. The van der Waals surface area contributed by atoms with Crippen LogP contribution in [0.5, 0.6) is 0 Å². The first-order chi connectivity index (χ1) is 11.6. The summed E-state index contributed by atoms with van der Waals surface area (Å²) in [6.45, 7) is 8.77. The van der Waals surface area contributed by atoms with Crippen LogP contribution >= 0.6 is 12.4 Å². The van der Waals surface area contributed by atoms with Crippen LogP contribution in [0.1, 0.15) is 22.4 Å². The van der Waals surface area contributed by atoms with E-state index in [4.69, 9.17) is 4.74 Å². The van der Waals surface area contributed by atoms with Crippen molar-refractivity contribution >= 4 is 29.1 Å². The molecule has 0 aliphatic carbocycles. The number of rotatable bonds is 6. The molecule has 2 heterocycles. The van der Waals surface area contributed by atoms with Crippen LogP contribution in [0, 0.1) is 20.8 Å². The maximum Gasteiger partial charge on any atom is 0.150 e. The van der Waals surface area contributed by atoms with Gasteiger partial charge >= 0.3 is 0 Å². The number of benzene rings is 1. The predicted octanol–water partition coefficient (Wildman–Crippen LogP) is 4.64. The Labute approximate surface area is 155 Å². The maximum absolute atomic E-state index is 5.28. The fraction of sp³-hybridized carbons (Fsp3) is 0.350. The van der Waals surface area contributed by atoms with Crippen molar-refractivity contribution in [3.8, 4) is 0 Å². The molecule has 0 aliphatic heterocycles. The summed E-state index contributed by atoms with van der Waals surface area (Å²) >= 11 is 0. The van der Waals surface area contributed by atoms with Gasteiger partial charge in [0.15, 0.2) is 5.82 Å². The number of halogens is 1. The number of hydrogen-bond donors (Lipinski definition) is 1. The average Bonchev–Trinajstić information content (AvgIpc) is 2.84. The van der Waals surface area contributed by atoms with Gasteiger partial charge in [-0.25, -0.2) is 4.98 Å². The molecule has 25 heavy (non-hydrogen) atoms. The summed E-state index contributed by atoms with van der Waals surface area (Å²) in [5.74, 6) is 0.933. The number of methoxy groups -OCH3 is 1. The van der Waals surface area contributed by atoms with Gasteiger partial charge in [-0.15, -0.1) is 12.4 Å². The number of pyridine rings is 1. The lowest BCUT2D eigenvalue weighted by atomic mass is 10.1. The van der Waals surface area contributed by atoms with E-state index in [1.54, 1.807) is 7.11 Å². The highest BCUT2D eigenvalue weighted by Gasteiger charge is 2.15. The van der Waals surface area contributed by atoms with Crippen LogP contribution in [-0.2, 0) is 17.8 Å². The van der Waals surface area contributed by atoms with Crippen LogP contribution in [0.3, 0.4) is 0 Å². The van der Waals surface area contributed by atoms with Crippen molar-refractivity contribution in [1.29, 1.82) is 0 Å². The van der Waals surface area contributed by atoms with E-state index in [0.717, 1.165) is 24.4 Å². The smallest absolute Gasteiger partial charge is 0.150 e. The average molecular weight is 360 g/mol. The van der Waals surface area contributed by atoms with Gasteiger partial charge in [0.05, 0.1) is 12.1 Å². The minimum Gasteiger partial charge on any atom is -0.383 e. The van der Waals surface area contributed by atoms with Gasteiger partial charge in [-0.05, 0) is 43.5 Å². The minimum atomic E-state index is 0. The van der Waals surface area contributed by atoms with Gasteiger partial charge in [-0.2, -0.15) is 0 Å². The Hall–Kier alpha value is -2.04. The summed E-state index contributed by atoms with van der Waals surface area (Å²) in [6.07, 6.45) is 1.88. The second-order valence-corrected chi connectivity index (χ2v) is 6.19. The van der Waals surface area contributed by atoms with Crippen LogP contribution in [0.2, 0.25) is 0 Å². The minimum absolute atomic E-state index is 0. The molecule has 3 rings (SSSR count). The number of hydrogen-bond acceptors (Lipinski definition) is 3. The lowest BCUT2D eigenvalue weighted by Crippen LogP contribution is -2.09. The summed E-state index contributed by atoms with van der Waals surface area (Å²) in [5.41, 5.74) is 6.33. The molecule has 4 nitrogen and oxygen atoms in total. The highest BCUT2D eigenvalue weighted by Crippen LogP contribution is 2.29. The van der Waals surface area contributed by atoms with Gasteiger partial charge < -0.3 is 14.6 Å².